The van der Waals surface area contributed by atoms with Crippen molar-refractivity contribution in [1.82, 2.24) is 9.97 Å². The van der Waals surface area contributed by atoms with Gasteiger partial charge in [0, 0.05) is 23.6 Å². The molecule has 7 heteroatoms. The molecule has 0 atom stereocenters. The summed E-state index contributed by atoms with van der Waals surface area (Å²) in [6.45, 7) is 6.35. The number of hydrazine groups is 1. The predicted molar refractivity (Wildman–Crippen MR) is 75.1 cm³/mol. The number of nitrogens with zero attached hydrogens (tertiary/aromatic N) is 3. The minimum Gasteiger partial charge on any atom is -0.490 e. The highest BCUT2D eigenvalue weighted by Gasteiger charge is 2.30. The van der Waals surface area contributed by atoms with Crippen LogP contribution in [0.15, 0.2) is 6.33 Å². The molecule has 0 radical (unpaired) electrons. The highest BCUT2D eigenvalue weighted by atomic mass is 32.2. The molecule has 1 aromatic heterocycles. The summed E-state index contributed by atoms with van der Waals surface area (Å²) < 4.78 is 5.59. The molecule has 1 aromatic rings. The van der Waals surface area contributed by atoms with Crippen molar-refractivity contribution in [3.63, 3.8) is 0 Å². The summed E-state index contributed by atoms with van der Waals surface area (Å²) in [4.78, 5) is 10.6. The van der Waals surface area contributed by atoms with E-state index >= 15 is 0 Å². The van der Waals surface area contributed by atoms with Gasteiger partial charge in [0.05, 0.1) is 7.11 Å². The van der Waals surface area contributed by atoms with Crippen LogP contribution in [-0.2, 0) is 0 Å². The number of hydrogen-bond donors (Lipinski definition) is 2. The fourth-order valence-corrected chi connectivity index (χ4v) is 3.19. The van der Waals surface area contributed by atoms with Crippen LogP contribution < -0.4 is 20.9 Å². The number of nitrogens with two attached hydrogens (primary N) is 1. The average Bonchev–Trinajstić information content (AvgIpc) is 2.36. The number of hydrogen-bond acceptors (Lipinski definition) is 7. The van der Waals surface area contributed by atoms with Crippen LogP contribution in [0.25, 0.3) is 0 Å². The molecular weight excluding hydrogens is 250 g/mol. The Bertz CT molecular complexity index is 426. The van der Waals surface area contributed by atoms with Crippen molar-refractivity contribution in [2.75, 3.05) is 36.3 Å². The van der Waals surface area contributed by atoms with Gasteiger partial charge in [-0.05, 0) is 13.8 Å². The summed E-state index contributed by atoms with van der Waals surface area (Å²) in [5.74, 6) is 8.42. The van der Waals surface area contributed by atoms with Crippen LogP contribution in [-0.4, -0.2) is 40.7 Å². The summed E-state index contributed by atoms with van der Waals surface area (Å²) >= 11 is 1.98. The van der Waals surface area contributed by atoms with Gasteiger partial charge >= 0.3 is 0 Å². The first-order chi connectivity index (χ1) is 8.57. The molecule has 18 heavy (non-hydrogen) atoms. The quantitative estimate of drug-likeness (QED) is 0.628. The lowest BCUT2D eigenvalue weighted by molar-refractivity contribution is 0.411. The summed E-state index contributed by atoms with van der Waals surface area (Å²) in [5.41, 5.74) is 2.54. The van der Waals surface area contributed by atoms with Gasteiger partial charge in [-0.2, -0.15) is 11.8 Å². The van der Waals surface area contributed by atoms with E-state index in [2.05, 4.69) is 34.1 Å². The molecular formula is C11H19N5OS. The number of nitrogen functional groups attached to an aromatic ring is 1. The Hall–Kier alpha value is -1.21. The van der Waals surface area contributed by atoms with Crippen LogP contribution in [0.3, 0.4) is 0 Å². The van der Waals surface area contributed by atoms with E-state index in [0.717, 1.165) is 24.7 Å². The SMILES string of the molecule is COc1c(NN)ncnc1N1CCSC(C)(C)C1. The first-order valence-electron chi connectivity index (χ1n) is 5.82. The summed E-state index contributed by atoms with van der Waals surface area (Å²) in [6, 6.07) is 0. The van der Waals surface area contributed by atoms with Gasteiger partial charge in [0.25, 0.3) is 0 Å². The first-order valence-corrected chi connectivity index (χ1v) is 6.80. The van der Waals surface area contributed by atoms with E-state index in [-0.39, 0.29) is 4.75 Å². The van der Waals surface area contributed by atoms with Crippen molar-refractivity contribution >= 4 is 23.4 Å². The maximum Gasteiger partial charge on any atom is 0.205 e. The smallest absolute Gasteiger partial charge is 0.205 e. The van der Waals surface area contributed by atoms with E-state index in [1.807, 2.05) is 11.8 Å². The number of rotatable bonds is 3. The van der Waals surface area contributed by atoms with Gasteiger partial charge in [-0.3, -0.25) is 0 Å². The molecule has 0 aliphatic carbocycles. The summed E-state index contributed by atoms with van der Waals surface area (Å²) in [7, 11) is 1.60. The van der Waals surface area contributed by atoms with Crippen molar-refractivity contribution < 1.29 is 4.74 Å². The molecule has 1 fully saturated rings. The molecule has 100 valence electrons. The fourth-order valence-electron chi connectivity index (χ4n) is 2.08. The zero-order valence-corrected chi connectivity index (χ0v) is 11.8. The molecule has 3 N–H and O–H groups in total. The zero-order valence-electron chi connectivity index (χ0n) is 10.9. The standard InChI is InChI=1S/C11H19N5OS/c1-11(2)6-16(4-5-18-11)10-8(17-3)9(15-12)13-7-14-10/h7H,4-6,12H2,1-3H3,(H,13,14,15). The fraction of sp³-hybridized carbons (Fsp3) is 0.636. The second kappa shape index (κ2) is 5.19. The number of nitrogens with one attached hydrogen (secondary N) is 1. The van der Waals surface area contributed by atoms with Crippen LogP contribution in [0.4, 0.5) is 11.6 Å². The number of aromatic nitrogens is 2. The van der Waals surface area contributed by atoms with Gasteiger partial charge in [0.2, 0.25) is 5.75 Å². The van der Waals surface area contributed by atoms with Crippen LogP contribution in [0.2, 0.25) is 0 Å². The Balaban J connectivity index is 2.32. The Kier molecular flexibility index (Phi) is 3.82. The molecule has 0 unspecified atom stereocenters. The van der Waals surface area contributed by atoms with Gasteiger partial charge in [0.1, 0.15) is 6.33 Å². The molecule has 1 aliphatic heterocycles. The maximum atomic E-state index is 5.44. The molecule has 1 saturated heterocycles. The highest BCUT2D eigenvalue weighted by Crippen LogP contribution is 2.37. The molecule has 6 nitrogen and oxygen atoms in total. The van der Waals surface area contributed by atoms with Gasteiger partial charge in [-0.25, -0.2) is 15.8 Å². The Morgan fingerprint density at radius 1 is 1.50 bits per heavy atom. The Morgan fingerprint density at radius 2 is 2.28 bits per heavy atom. The van der Waals surface area contributed by atoms with E-state index in [9.17, 15) is 0 Å². The van der Waals surface area contributed by atoms with Gasteiger partial charge in [0.15, 0.2) is 11.6 Å². The third kappa shape index (κ3) is 2.62. The number of methoxy groups -OCH3 is 1. The molecule has 0 bridgehead atoms. The van der Waals surface area contributed by atoms with Gasteiger partial charge < -0.3 is 15.1 Å². The second-order valence-electron chi connectivity index (χ2n) is 4.75. The molecule has 0 amide bonds. The normalized spacial score (nSPS) is 18.6. The first kappa shape index (κ1) is 13.2. The lowest BCUT2D eigenvalue weighted by Crippen LogP contribution is -2.43. The van der Waals surface area contributed by atoms with Gasteiger partial charge in [-0.15, -0.1) is 0 Å². The van der Waals surface area contributed by atoms with E-state index in [1.165, 1.54) is 6.33 Å². The monoisotopic (exact) mass is 269 g/mol. The van der Waals surface area contributed by atoms with Gasteiger partial charge in [-0.1, -0.05) is 0 Å². The zero-order chi connectivity index (χ0) is 13.2. The molecule has 0 aromatic carbocycles. The van der Waals surface area contributed by atoms with Crippen LogP contribution >= 0.6 is 11.8 Å². The summed E-state index contributed by atoms with van der Waals surface area (Å²) in [5, 5.41) is 0. The Morgan fingerprint density at radius 3 is 2.89 bits per heavy atom. The number of anilines is 2. The third-order valence-electron chi connectivity index (χ3n) is 2.85. The molecule has 0 spiro atoms. The topological polar surface area (TPSA) is 76.3 Å². The highest BCUT2D eigenvalue weighted by molar-refractivity contribution is 8.00. The lowest BCUT2D eigenvalue weighted by atomic mass is 10.2. The summed E-state index contributed by atoms with van der Waals surface area (Å²) in [6.07, 6.45) is 1.50. The van der Waals surface area contributed by atoms with E-state index < -0.39 is 0 Å². The minimum absolute atomic E-state index is 0.213. The Labute approximate surface area is 111 Å². The van der Waals surface area contributed by atoms with Crippen LogP contribution in [0, 0.1) is 0 Å². The maximum absolute atomic E-state index is 5.44. The number of thioether (sulfide) groups is 1. The largest absolute Gasteiger partial charge is 0.490 e. The molecule has 0 saturated carbocycles. The average molecular weight is 269 g/mol. The third-order valence-corrected chi connectivity index (χ3v) is 4.15. The van der Waals surface area contributed by atoms with E-state index in [1.54, 1.807) is 7.11 Å². The van der Waals surface area contributed by atoms with Crippen molar-refractivity contribution in [2.24, 2.45) is 5.84 Å². The van der Waals surface area contributed by atoms with Crippen LogP contribution in [0.1, 0.15) is 13.8 Å². The van der Waals surface area contributed by atoms with Crippen LogP contribution in [0.5, 0.6) is 5.75 Å². The molecule has 2 heterocycles. The number of ether oxygens (including phenoxy) is 1. The van der Waals surface area contributed by atoms with E-state index in [0.29, 0.717) is 11.6 Å². The lowest BCUT2D eigenvalue weighted by Gasteiger charge is -2.38. The second-order valence-corrected chi connectivity index (χ2v) is 6.56. The van der Waals surface area contributed by atoms with Crippen molar-refractivity contribution in [2.45, 2.75) is 18.6 Å². The molecule has 1 aliphatic rings. The van der Waals surface area contributed by atoms with Crippen molar-refractivity contribution in [3.05, 3.63) is 6.33 Å². The van der Waals surface area contributed by atoms with Crippen molar-refractivity contribution in [1.29, 1.82) is 0 Å². The van der Waals surface area contributed by atoms with Crippen molar-refractivity contribution in [3.8, 4) is 5.75 Å². The molecule has 2 rings (SSSR count). The predicted octanol–water partition coefficient (Wildman–Crippen LogP) is 1.10. The minimum atomic E-state index is 0.213. The van der Waals surface area contributed by atoms with E-state index in [4.69, 9.17) is 10.6 Å².